The quantitative estimate of drug-likeness (QED) is 0.920. The molecule has 2 aromatic rings. The third-order valence-corrected chi connectivity index (χ3v) is 4.28. The predicted octanol–water partition coefficient (Wildman–Crippen LogP) is 2.96. The molecule has 0 radical (unpaired) electrons. The van der Waals surface area contributed by atoms with E-state index in [1.54, 1.807) is 11.3 Å². The summed E-state index contributed by atoms with van der Waals surface area (Å²) in [5, 5.41) is 1.12. The van der Waals surface area contributed by atoms with Crippen LogP contribution in [0.25, 0.3) is 0 Å². The van der Waals surface area contributed by atoms with E-state index >= 15 is 0 Å². The Morgan fingerprint density at radius 2 is 2.17 bits per heavy atom. The molecule has 1 atom stereocenters. The van der Waals surface area contributed by atoms with Gasteiger partial charge in [-0.2, -0.15) is 0 Å². The lowest BCUT2D eigenvalue weighted by Gasteiger charge is -2.14. The minimum Gasteiger partial charge on any atom is -0.324 e. The summed E-state index contributed by atoms with van der Waals surface area (Å²) in [4.78, 5) is 9.99. The summed E-state index contributed by atoms with van der Waals surface area (Å²) in [7, 11) is 0. The summed E-state index contributed by atoms with van der Waals surface area (Å²) < 4.78 is 0. The van der Waals surface area contributed by atoms with Gasteiger partial charge < -0.3 is 5.73 Å². The molecule has 18 heavy (non-hydrogen) atoms. The monoisotopic (exact) mass is 261 g/mol. The SMILES string of the molecule is CCc1cnccc1C(N)Cc1nc(C)c(C)s1. The van der Waals surface area contributed by atoms with Crippen LogP contribution in [0, 0.1) is 13.8 Å². The smallest absolute Gasteiger partial charge is 0.0949 e. The van der Waals surface area contributed by atoms with E-state index in [4.69, 9.17) is 5.73 Å². The summed E-state index contributed by atoms with van der Waals surface area (Å²) in [6.45, 7) is 6.28. The topological polar surface area (TPSA) is 51.8 Å². The Labute approximate surface area is 112 Å². The van der Waals surface area contributed by atoms with Gasteiger partial charge in [-0.3, -0.25) is 4.98 Å². The van der Waals surface area contributed by atoms with Gasteiger partial charge >= 0.3 is 0 Å². The maximum atomic E-state index is 6.30. The van der Waals surface area contributed by atoms with E-state index in [-0.39, 0.29) is 6.04 Å². The fourth-order valence-electron chi connectivity index (χ4n) is 2.02. The van der Waals surface area contributed by atoms with Crippen molar-refractivity contribution in [2.24, 2.45) is 5.73 Å². The lowest BCUT2D eigenvalue weighted by Crippen LogP contribution is -2.15. The van der Waals surface area contributed by atoms with Crippen LogP contribution in [-0.2, 0) is 12.8 Å². The van der Waals surface area contributed by atoms with Crippen LogP contribution in [0.15, 0.2) is 18.5 Å². The second-order valence-corrected chi connectivity index (χ2v) is 5.78. The Morgan fingerprint density at radius 3 is 2.78 bits per heavy atom. The summed E-state index contributed by atoms with van der Waals surface area (Å²) in [6, 6.07) is 2.03. The van der Waals surface area contributed by atoms with Crippen molar-refractivity contribution < 1.29 is 0 Å². The number of pyridine rings is 1. The molecule has 0 aliphatic heterocycles. The Bertz CT molecular complexity index is 514. The number of rotatable bonds is 4. The zero-order valence-electron chi connectivity index (χ0n) is 11.1. The number of aromatic nitrogens is 2. The van der Waals surface area contributed by atoms with E-state index in [0.29, 0.717) is 0 Å². The number of aryl methyl sites for hydroxylation is 3. The van der Waals surface area contributed by atoms with E-state index in [1.165, 1.54) is 16.0 Å². The molecular formula is C14H19N3S. The van der Waals surface area contributed by atoms with E-state index < -0.39 is 0 Å². The molecule has 3 nitrogen and oxygen atoms in total. The molecule has 0 aromatic carbocycles. The molecule has 1 unspecified atom stereocenters. The van der Waals surface area contributed by atoms with Crippen molar-refractivity contribution in [1.29, 1.82) is 0 Å². The molecule has 0 aliphatic rings. The number of nitrogens with two attached hydrogens (primary N) is 1. The van der Waals surface area contributed by atoms with Crippen molar-refractivity contribution in [3.8, 4) is 0 Å². The molecular weight excluding hydrogens is 242 g/mol. The van der Waals surface area contributed by atoms with Crippen molar-refractivity contribution in [2.75, 3.05) is 0 Å². The van der Waals surface area contributed by atoms with Crippen molar-refractivity contribution in [1.82, 2.24) is 9.97 Å². The summed E-state index contributed by atoms with van der Waals surface area (Å²) in [5.41, 5.74) is 9.84. The van der Waals surface area contributed by atoms with Gasteiger partial charge in [-0.15, -0.1) is 11.3 Å². The molecule has 2 rings (SSSR count). The number of thiazole rings is 1. The third kappa shape index (κ3) is 2.76. The fraction of sp³-hybridized carbons (Fsp3) is 0.429. The van der Waals surface area contributed by atoms with Gasteiger partial charge in [0.15, 0.2) is 0 Å². The van der Waals surface area contributed by atoms with Gasteiger partial charge in [0.1, 0.15) is 0 Å². The summed E-state index contributed by atoms with van der Waals surface area (Å²) in [6.07, 6.45) is 5.49. The predicted molar refractivity (Wildman–Crippen MR) is 75.8 cm³/mol. The number of hydrogen-bond donors (Lipinski definition) is 1. The first-order chi connectivity index (χ1) is 8.61. The summed E-state index contributed by atoms with van der Waals surface area (Å²) >= 11 is 1.74. The van der Waals surface area contributed by atoms with E-state index in [1.807, 2.05) is 25.4 Å². The lowest BCUT2D eigenvalue weighted by atomic mass is 9.99. The van der Waals surface area contributed by atoms with Crippen molar-refractivity contribution in [3.05, 3.63) is 45.2 Å². The maximum absolute atomic E-state index is 6.30. The van der Waals surface area contributed by atoms with Gasteiger partial charge in [0.2, 0.25) is 0 Å². The van der Waals surface area contributed by atoms with Crippen LogP contribution in [0.2, 0.25) is 0 Å². The lowest BCUT2D eigenvalue weighted by molar-refractivity contribution is 0.705. The highest BCUT2D eigenvalue weighted by Gasteiger charge is 2.13. The van der Waals surface area contributed by atoms with Gasteiger partial charge in [-0.05, 0) is 37.5 Å². The Hall–Kier alpha value is -1.26. The van der Waals surface area contributed by atoms with Crippen LogP contribution < -0.4 is 5.73 Å². The Morgan fingerprint density at radius 1 is 1.39 bits per heavy atom. The molecule has 96 valence electrons. The van der Waals surface area contributed by atoms with Crippen molar-refractivity contribution >= 4 is 11.3 Å². The zero-order chi connectivity index (χ0) is 13.1. The van der Waals surface area contributed by atoms with Gasteiger partial charge in [-0.1, -0.05) is 6.92 Å². The molecule has 0 amide bonds. The van der Waals surface area contributed by atoms with Crippen molar-refractivity contribution in [2.45, 2.75) is 39.7 Å². The van der Waals surface area contributed by atoms with Crippen LogP contribution in [0.5, 0.6) is 0 Å². The highest BCUT2D eigenvalue weighted by molar-refractivity contribution is 7.11. The zero-order valence-corrected chi connectivity index (χ0v) is 11.9. The minimum absolute atomic E-state index is 0.00731. The minimum atomic E-state index is 0.00731. The molecule has 0 bridgehead atoms. The van der Waals surface area contributed by atoms with Crippen LogP contribution in [-0.4, -0.2) is 9.97 Å². The number of nitrogens with zero attached hydrogens (tertiary/aromatic N) is 2. The fourth-order valence-corrected chi connectivity index (χ4v) is 3.01. The molecule has 0 fully saturated rings. The maximum Gasteiger partial charge on any atom is 0.0949 e. The van der Waals surface area contributed by atoms with Gasteiger partial charge in [-0.25, -0.2) is 4.98 Å². The molecule has 0 saturated carbocycles. The van der Waals surface area contributed by atoms with E-state index in [0.717, 1.165) is 23.5 Å². The largest absolute Gasteiger partial charge is 0.324 e. The van der Waals surface area contributed by atoms with E-state index in [9.17, 15) is 0 Å². The molecule has 0 spiro atoms. The second kappa shape index (κ2) is 5.59. The highest BCUT2D eigenvalue weighted by Crippen LogP contribution is 2.23. The van der Waals surface area contributed by atoms with Gasteiger partial charge in [0.25, 0.3) is 0 Å². The summed E-state index contributed by atoms with van der Waals surface area (Å²) in [5.74, 6) is 0. The standard InChI is InChI=1S/C14H19N3S/c1-4-11-8-16-6-5-12(11)13(15)7-14-17-9(2)10(3)18-14/h5-6,8,13H,4,7,15H2,1-3H3. The van der Waals surface area contributed by atoms with E-state index in [2.05, 4.69) is 23.8 Å². The first-order valence-electron chi connectivity index (χ1n) is 6.23. The van der Waals surface area contributed by atoms with Crippen LogP contribution >= 0.6 is 11.3 Å². The van der Waals surface area contributed by atoms with Gasteiger partial charge in [0.05, 0.1) is 10.7 Å². The third-order valence-electron chi connectivity index (χ3n) is 3.19. The highest BCUT2D eigenvalue weighted by atomic mass is 32.1. The van der Waals surface area contributed by atoms with Crippen LogP contribution in [0.4, 0.5) is 0 Å². The molecule has 2 aromatic heterocycles. The van der Waals surface area contributed by atoms with Crippen molar-refractivity contribution in [3.63, 3.8) is 0 Å². The molecule has 4 heteroatoms. The molecule has 2 N–H and O–H groups in total. The van der Waals surface area contributed by atoms with Crippen LogP contribution in [0.3, 0.4) is 0 Å². The van der Waals surface area contributed by atoms with Crippen LogP contribution in [0.1, 0.15) is 39.7 Å². The Kier molecular flexibility index (Phi) is 4.09. The molecule has 0 aliphatic carbocycles. The average molecular weight is 261 g/mol. The normalized spacial score (nSPS) is 12.7. The molecule has 2 heterocycles. The number of hydrogen-bond acceptors (Lipinski definition) is 4. The average Bonchev–Trinajstić information content (AvgIpc) is 2.68. The molecule has 0 saturated heterocycles. The second-order valence-electron chi connectivity index (χ2n) is 4.49. The Balaban J connectivity index is 2.18. The first-order valence-corrected chi connectivity index (χ1v) is 7.04. The first kappa shape index (κ1) is 13.2. The van der Waals surface area contributed by atoms with Gasteiger partial charge in [0, 0.05) is 29.7 Å².